The first-order valence-electron chi connectivity index (χ1n) is 6.54. The van der Waals surface area contributed by atoms with Gasteiger partial charge in [-0.3, -0.25) is 0 Å². The third kappa shape index (κ3) is 3.57. The molecule has 98 valence electrons. The Morgan fingerprint density at radius 1 is 1.35 bits per heavy atom. The first-order valence-corrected chi connectivity index (χ1v) is 6.54. The van der Waals surface area contributed by atoms with Crippen LogP contribution in [-0.2, 0) is 9.47 Å². The van der Waals surface area contributed by atoms with Crippen LogP contribution in [0.4, 0.5) is 4.79 Å². The van der Waals surface area contributed by atoms with Gasteiger partial charge in [0.25, 0.3) is 0 Å². The molecule has 3 atom stereocenters. The van der Waals surface area contributed by atoms with Crippen LogP contribution < -0.4 is 11.1 Å². The van der Waals surface area contributed by atoms with Crippen molar-refractivity contribution in [2.75, 3.05) is 19.8 Å². The van der Waals surface area contributed by atoms with E-state index in [1.807, 2.05) is 0 Å². The predicted molar refractivity (Wildman–Crippen MR) is 63.6 cm³/mol. The highest BCUT2D eigenvalue weighted by Gasteiger charge is 2.28. The van der Waals surface area contributed by atoms with Crippen LogP contribution in [0.15, 0.2) is 0 Å². The maximum absolute atomic E-state index is 11.7. The lowest BCUT2D eigenvalue weighted by molar-refractivity contribution is 0.0381. The van der Waals surface area contributed by atoms with Gasteiger partial charge in [-0.05, 0) is 32.2 Å². The zero-order valence-corrected chi connectivity index (χ0v) is 10.2. The molecule has 1 saturated carbocycles. The smallest absolute Gasteiger partial charge is 0.407 e. The molecule has 1 aliphatic heterocycles. The normalized spacial score (nSPS) is 33.4. The number of hydrogen-bond donors (Lipinski definition) is 2. The molecule has 0 aromatic heterocycles. The van der Waals surface area contributed by atoms with Crippen LogP contribution in [0.1, 0.15) is 32.1 Å². The molecule has 2 fully saturated rings. The van der Waals surface area contributed by atoms with Gasteiger partial charge < -0.3 is 20.5 Å². The van der Waals surface area contributed by atoms with E-state index < -0.39 is 0 Å². The Morgan fingerprint density at radius 3 is 2.88 bits per heavy atom. The van der Waals surface area contributed by atoms with Crippen LogP contribution in [0.5, 0.6) is 0 Å². The fourth-order valence-corrected chi connectivity index (χ4v) is 2.58. The van der Waals surface area contributed by atoms with Crippen LogP contribution in [0.25, 0.3) is 0 Å². The van der Waals surface area contributed by atoms with Crippen molar-refractivity contribution in [3.05, 3.63) is 0 Å². The lowest BCUT2D eigenvalue weighted by Crippen LogP contribution is -2.41. The van der Waals surface area contributed by atoms with Crippen molar-refractivity contribution in [2.24, 2.45) is 11.7 Å². The van der Waals surface area contributed by atoms with Crippen LogP contribution in [0, 0.1) is 5.92 Å². The lowest BCUT2D eigenvalue weighted by atomic mass is 9.86. The van der Waals surface area contributed by atoms with E-state index in [4.69, 9.17) is 15.2 Å². The summed E-state index contributed by atoms with van der Waals surface area (Å²) in [5.74, 6) is 0.328. The average Bonchev–Trinajstić information content (AvgIpc) is 2.82. The third-order valence-electron chi connectivity index (χ3n) is 3.65. The van der Waals surface area contributed by atoms with Crippen molar-refractivity contribution in [1.29, 1.82) is 0 Å². The standard InChI is InChI=1S/C12H22N2O3/c13-7-9-3-1-2-4-11(9)17-12(15)14-10-5-6-16-8-10/h9-11H,1-8,13H2,(H,14,15). The van der Waals surface area contributed by atoms with Gasteiger partial charge in [0.2, 0.25) is 0 Å². The molecule has 1 aliphatic carbocycles. The van der Waals surface area contributed by atoms with E-state index in [1.54, 1.807) is 0 Å². The minimum atomic E-state index is -0.314. The summed E-state index contributed by atoms with van der Waals surface area (Å²) in [7, 11) is 0. The Kier molecular flexibility index (Phi) is 4.62. The fourth-order valence-electron chi connectivity index (χ4n) is 2.58. The average molecular weight is 242 g/mol. The summed E-state index contributed by atoms with van der Waals surface area (Å²) in [5.41, 5.74) is 5.70. The molecule has 3 N–H and O–H groups in total. The van der Waals surface area contributed by atoms with Crippen molar-refractivity contribution in [3.63, 3.8) is 0 Å². The van der Waals surface area contributed by atoms with Crippen molar-refractivity contribution < 1.29 is 14.3 Å². The Hall–Kier alpha value is -0.810. The van der Waals surface area contributed by atoms with E-state index in [-0.39, 0.29) is 18.2 Å². The number of nitrogens with one attached hydrogen (secondary N) is 1. The quantitative estimate of drug-likeness (QED) is 0.775. The Labute approximate surface area is 102 Å². The molecule has 0 bridgehead atoms. The molecular weight excluding hydrogens is 220 g/mol. The summed E-state index contributed by atoms with van der Waals surface area (Å²) in [6.07, 6.45) is 4.89. The van der Waals surface area contributed by atoms with Gasteiger partial charge in [-0.1, -0.05) is 6.42 Å². The van der Waals surface area contributed by atoms with Crippen molar-refractivity contribution in [3.8, 4) is 0 Å². The second-order valence-corrected chi connectivity index (χ2v) is 4.93. The summed E-state index contributed by atoms with van der Waals surface area (Å²) >= 11 is 0. The van der Waals surface area contributed by atoms with Gasteiger partial charge in [0.1, 0.15) is 6.10 Å². The van der Waals surface area contributed by atoms with Gasteiger partial charge in [0, 0.05) is 12.5 Å². The van der Waals surface area contributed by atoms with Crippen molar-refractivity contribution >= 4 is 6.09 Å². The van der Waals surface area contributed by atoms with Crippen molar-refractivity contribution in [2.45, 2.75) is 44.2 Å². The minimum Gasteiger partial charge on any atom is -0.446 e. The molecule has 1 heterocycles. The van der Waals surface area contributed by atoms with Gasteiger partial charge in [0.05, 0.1) is 12.6 Å². The van der Waals surface area contributed by atoms with Crippen LogP contribution >= 0.6 is 0 Å². The summed E-state index contributed by atoms with van der Waals surface area (Å²) in [6.45, 7) is 1.92. The number of carbonyl (C=O) groups excluding carboxylic acids is 1. The number of ether oxygens (including phenoxy) is 2. The molecule has 5 heteroatoms. The highest BCUT2D eigenvalue weighted by molar-refractivity contribution is 5.67. The van der Waals surface area contributed by atoms with E-state index in [0.717, 1.165) is 32.3 Å². The molecule has 1 saturated heterocycles. The monoisotopic (exact) mass is 242 g/mol. The molecule has 17 heavy (non-hydrogen) atoms. The molecule has 0 aromatic carbocycles. The fraction of sp³-hybridized carbons (Fsp3) is 0.917. The van der Waals surface area contributed by atoms with Gasteiger partial charge in [-0.15, -0.1) is 0 Å². The molecule has 0 spiro atoms. The highest BCUT2D eigenvalue weighted by Crippen LogP contribution is 2.26. The van der Waals surface area contributed by atoms with Crippen LogP contribution in [0.3, 0.4) is 0 Å². The summed E-state index contributed by atoms with van der Waals surface area (Å²) in [6, 6.07) is 0.113. The van der Waals surface area contributed by atoms with E-state index in [1.165, 1.54) is 6.42 Å². The molecule has 0 aromatic rings. The molecule has 3 unspecified atom stereocenters. The number of carbonyl (C=O) groups is 1. The summed E-state index contributed by atoms with van der Waals surface area (Å²) in [5, 5.41) is 2.84. The molecular formula is C12H22N2O3. The van der Waals surface area contributed by atoms with E-state index in [2.05, 4.69) is 5.32 Å². The third-order valence-corrected chi connectivity index (χ3v) is 3.65. The first-order chi connectivity index (χ1) is 8.29. The molecule has 1 amide bonds. The molecule has 2 rings (SSSR count). The summed E-state index contributed by atoms with van der Waals surface area (Å²) in [4.78, 5) is 11.7. The molecule has 2 aliphatic rings. The van der Waals surface area contributed by atoms with Crippen LogP contribution in [-0.4, -0.2) is 38.0 Å². The van der Waals surface area contributed by atoms with Gasteiger partial charge in [0.15, 0.2) is 0 Å². The molecule has 0 radical (unpaired) electrons. The number of hydrogen-bond acceptors (Lipinski definition) is 4. The topological polar surface area (TPSA) is 73.6 Å². The van der Waals surface area contributed by atoms with E-state index in [0.29, 0.717) is 19.1 Å². The minimum absolute atomic E-state index is 0.00364. The largest absolute Gasteiger partial charge is 0.446 e. The SMILES string of the molecule is NCC1CCCCC1OC(=O)NC1CCOC1. The van der Waals surface area contributed by atoms with Gasteiger partial charge in [-0.25, -0.2) is 4.79 Å². The lowest BCUT2D eigenvalue weighted by Gasteiger charge is -2.30. The highest BCUT2D eigenvalue weighted by atomic mass is 16.6. The van der Waals surface area contributed by atoms with Gasteiger partial charge >= 0.3 is 6.09 Å². The second-order valence-electron chi connectivity index (χ2n) is 4.93. The summed E-state index contributed by atoms with van der Waals surface area (Å²) < 4.78 is 10.7. The Balaban J connectivity index is 1.75. The van der Waals surface area contributed by atoms with E-state index >= 15 is 0 Å². The maximum atomic E-state index is 11.7. The number of amides is 1. The predicted octanol–water partition coefficient (Wildman–Crippen LogP) is 1.02. The first kappa shape index (κ1) is 12.6. The Bertz CT molecular complexity index is 254. The maximum Gasteiger partial charge on any atom is 0.407 e. The number of rotatable bonds is 3. The van der Waals surface area contributed by atoms with Gasteiger partial charge in [-0.2, -0.15) is 0 Å². The number of alkyl carbamates (subject to hydrolysis) is 1. The zero-order valence-electron chi connectivity index (χ0n) is 10.2. The van der Waals surface area contributed by atoms with E-state index in [9.17, 15) is 4.79 Å². The van der Waals surface area contributed by atoms with Crippen molar-refractivity contribution in [1.82, 2.24) is 5.32 Å². The van der Waals surface area contributed by atoms with Crippen LogP contribution in [0.2, 0.25) is 0 Å². The Morgan fingerprint density at radius 2 is 2.18 bits per heavy atom. The number of nitrogens with two attached hydrogens (primary N) is 1. The molecule has 5 nitrogen and oxygen atoms in total. The zero-order chi connectivity index (χ0) is 12.1. The second kappa shape index (κ2) is 6.21.